The summed E-state index contributed by atoms with van der Waals surface area (Å²) in [6, 6.07) is 4.00. The van der Waals surface area contributed by atoms with Crippen LogP contribution in [0.15, 0.2) is 29.7 Å². The van der Waals surface area contributed by atoms with Crippen LogP contribution in [0.4, 0.5) is 11.6 Å². The molecular weight excluding hydrogens is 376 g/mol. The summed E-state index contributed by atoms with van der Waals surface area (Å²) in [5.74, 6) is 1.75. The number of carboxylic acids is 1. The molecular formula is C19H24N6O2S. The smallest absolute Gasteiger partial charge is 0.309 e. The van der Waals surface area contributed by atoms with E-state index in [-0.39, 0.29) is 0 Å². The number of hydrogen-bond donors (Lipinski definition) is 2. The number of aliphatic carboxylic acids is 1. The highest BCUT2D eigenvalue weighted by molar-refractivity contribution is 7.99. The van der Waals surface area contributed by atoms with Crippen molar-refractivity contribution in [3.05, 3.63) is 30.4 Å². The van der Waals surface area contributed by atoms with Gasteiger partial charge in [-0.05, 0) is 40.7 Å². The van der Waals surface area contributed by atoms with E-state index >= 15 is 0 Å². The van der Waals surface area contributed by atoms with Crippen LogP contribution in [-0.2, 0) is 4.79 Å². The number of nitrogens with one attached hydrogen (secondary N) is 1. The highest BCUT2D eigenvalue weighted by atomic mass is 32.2. The van der Waals surface area contributed by atoms with Crippen LogP contribution in [0.3, 0.4) is 0 Å². The molecule has 8 nitrogen and oxygen atoms in total. The Morgan fingerprint density at radius 2 is 2.04 bits per heavy atom. The average Bonchev–Trinajstić information content (AvgIpc) is 2.95. The zero-order chi connectivity index (χ0) is 20.5. The van der Waals surface area contributed by atoms with Crippen molar-refractivity contribution in [3.63, 3.8) is 0 Å². The molecule has 0 aliphatic rings. The third kappa shape index (κ3) is 4.24. The second kappa shape index (κ2) is 7.75. The molecule has 3 aromatic heterocycles. The molecule has 0 atom stereocenters. The summed E-state index contributed by atoms with van der Waals surface area (Å²) in [5, 5.41) is 13.0. The molecule has 0 aromatic carbocycles. The Bertz CT molecular complexity index is 1010. The van der Waals surface area contributed by atoms with Gasteiger partial charge in [0.15, 0.2) is 5.16 Å². The first-order chi connectivity index (χ1) is 13.2. The minimum Gasteiger partial charge on any atom is -0.481 e. The highest BCUT2D eigenvalue weighted by Gasteiger charge is 2.27. The Labute approximate surface area is 167 Å². The van der Waals surface area contributed by atoms with Gasteiger partial charge in [0, 0.05) is 24.1 Å². The second-order valence-electron chi connectivity index (χ2n) is 7.51. The Hall–Kier alpha value is -2.68. The molecule has 0 saturated heterocycles. The van der Waals surface area contributed by atoms with Gasteiger partial charge in [-0.25, -0.2) is 19.9 Å². The topological polar surface area (TPSA) is 106 Å². The summed E-state index contributed by atoms with van der Waals surface area (Å²) in [4.78, 5) is 28.9. The number of fused-ring (bicyclic) bond motifs is 1. The standard InChI is InChI=1S/C19H24N6O2S/c1-11(2)25-12(3)22-13-9-21-16(8-14(13)25)23-15-6-7-20-18(24-15)28-10-19(4,5)17(26)27/h6-9,11H,10H2,1-5H3,(H,26,27)(H,20,21,23,24). The third-order valence-corrected chi connectivity index (χ3v) is 5.62. The van der Waals surface area contributed by atoms with Gasteiger partial charge < -0.3 is 15.0 Å². The summed E-state index contributed by atoms with van der Waals surface area (Å²) in [5.41, 5.74) is 1.01. The molecule has 28 heavy (non-hydrogen) atoms. The molecule has 0 saturated carbocycles. The van der Waals surface area contributed by atoms with Gasteiger partial charge in [-0.2, -0.15) is 0 Å². The Morgan fingerprint density at radius 1 is 1.29 bits per heavy atom. The van der Waals surface area contributed by atoms with Crippen LogP contribution in [-0.4, -0.2) is 41.3 Å². The van der Waals surface area contributed by atoms with Crippen molar-refractivity contribution in [1.82, 2.24) is 24.5 Å². The molecule has 0 unspecified atom stereocenters. The normalized spacial score (nSPS) is 11.9. The van der Waals surface area contributed by atoms with Crippen LogP contribution in [0.1, 0.15) is 39.6 Å². The van der Waals surface area contributed by atoms with Crippen molar-refractivity contribution >= 4 is 40.4 Å². The van der Waals surface area contributed by atoms with E-state index in [0.717, 1.165) is 16.9 Å². The van der Waals surface area contributed by atoms with Crippen LogP contribution >= 0.6 is 11.8 Å². The Morgan fingerprint density at radius 3 is 2.71 bits per heavy atom. The number of thioether (sulfide) groups is 1. The van der Waals surface area contributed by atoms with Gasteiger partial charge in [0.1, 0.15) is 23.0 Å². The van der Waals surface area contributed by atoms with Crippen molar-refractivity contribution in [1.29, 1.82) is 0 Å². The fraction of sp³-hybridized carbons (Fsp3) is 0.421. The molecule has 3 heterocycles. The van der Waals surface area contributed by atoms with Gasteiger partial charge in [-0.15, -0.1) is 0 Å². The van der Waals surface area contributed by atoms with E-state index in [2.05, 4.69) is 43.7 Å². The fourth-order valence-electron chi connectivity index (χ4n) is 2.76. The first-order valence-corrected chi connectivity index (χ1v) is 9.97. The number of anilines is 2. The van der Waals surface area contributed by atoms with Gasteiger partial charge in [0.2, 0.25) is 0 Å². The lowest BCUT2D eigenvalue weighted by Gasteiger charge is -2.17. The number of imidazole rings is 1. The molecule has 3 aromatic rings. The van der Waals surface area contributed by atoms with Crippen molar-refractivity contribution in [3.8, 4) is 0 Å². The van der Waals surface area contributed by atoms with Gasteiger partial charge in [0.05, 0.1) is 17.1 Å². The van der Waals surface area contributed by atoms with Gasteiger partial charge in [0.25, 0.3) is 0 Å². The Balaban J connectivity index is 1.80. The summed E-state index contributed by atoms with van der Waals surface area (Å²) < 4.78 is 2.16. The first kappa shape index (κ1) is 20.1. The molecule has 0 amide bonds. The number of aromatic nitrogens is 5. The predicted molar refractivity (Wildman–Crippen MR) is 110 cm³/mol. The van der Waals surface area contributed by atoms with Crippen molar-refractivity contribution in [2.24, 2.45) is 5.41 Å². The molecule has 0 aliphatic carbocycles. The maximum absolute atomic E-state index is 11.3. The quantitative estimate of drug-likeness (QED) is 0.452. The van der Waals surface area contributed by atoms with E-state index in [1.54, 1.807) is 32.3 Å². The highest BCUT2D eigenvalue weighted by Crippen LogP contribution is 2.27. The van der Waals surface area contributed by atoms with E-state index in [4.69, 9.17) is 0 Å². The SMILES string of the molecule is Cc1nc2cnc(Nc3ccnc(SCC(C)(C)C(=O)O)n3)cc2n1C(C)C. The van der Waals surface area contributed by atoms with Crippen LogP contribution in [0.25, 0.3) is 11.0 Å². The van der Waals surface area contributed by atoms with Gasteiger partial charge >= 0.3 is 5.97 Å². The number of carboxylic acid groups (broad SMARTS) is 1. The molecule has 0 fully saturated rings. The maximum Gasteiger partial charge on any atom is 0.309 e. The lowest BCUT2D eigenvalue weighted by molar-refractivity contribution is -0.145. The van der Waals surface area contributed by atoms with E-state index in [1.165, 1.54) is 11.8 Å². The van der Waals surface area contributed by atoms with E-state index in [0.29, 0.717) is 28.6 Å². The number of nitrogens with zero attached hydrogens (tertiary/aromatic N) is 5. The minimum atomic E-state index is -0.850. The number of pyridine rings is 1. The minimum absolute atomic E-state index is 0.292. The number of carbonyl (C=O) groups is 1. The van der Waals surface area contributed by atoms with Gasteiger partial charge in [-0.3, -0.25) is 4.79 Å². The summed E-state index contributed by atoms with van der Waals surface area (Å²) in [6.45, 7) is 9.59. The van der Waals surface area contributed by atoms with Crippen molar-refractivity contribution in [2.45, 2.75) is 45.8 Å². The molecule has 0 aliphatic heterocycles. The zero-order valence-corrected chi connectivity index (χ0v) is 17.4. The number of rotatable bonds is 7. The van der Waals surface area contributed by atoms with E-state index in [9.17, 15) is 9.90 Å². The largest absolute Gasteiger partial charge is 0.481 e. The van der Waals surface area contributed by atoms with Crippen LogP contribution in [0, 0.1) is 12.3 Å². The summed E-state index contributed by atoms with van der Waals surface area (Å²) in [6.07, 6.45) is 3.39. The molecule has 0 spiro atoms. The number of hydrogen-bond acceptors (Lipinski definition) is 7. The predicted octanol–water partition coefficient (Wildman–Crippen LogP) is 4.06. The van der Waals surface area contributed by atoms with Gasteiger partial charge in [-0.1, -0.05) is 11.8 Å². The monoisotopic (exact) mass is 400 g/mol. The van der Waals surface area contributed by atoms with Crippen LogP contribution in [0.2, 0.25) is 0 Å². The molecule has 0 bridgehead atoms. The van der Waals surface area contributed by atoms with Crippen molar-refractivity contribution < 1.29 is 9.90 Å². The van der Waals surface area contributed by atoms with Crippen LogP contribution < -0.4 is 5.32 Å². The molecule has 2 N–H and O–H groups in total. The molecule has 148 valence electrons. The summed E-state index contributed by atoms with van der Waals surface area (Å²) in [7, 11) is 0. The molecule has 0 radical (unpaired) electrons. The molecule has 3 rings (SSSR count). The number of aryl methyl sites for hydroxylation is 1. The summed E-state index contributed by atoms with van der Waals surface area (Å²) >= 11 is 1.32. The fourth-order valence-corrected chi connectivity index (χ4v) is 3.67. The average molecular weight is 401 g/mol. The maximum atomic E-state index is 11.3. The van der Waals surface area contributed by atoms with Crippen molar-refractivity contribution in [2.75, 3.05) is 11.1 Å². The van der Waals surface area contributed by atoms with E-state index in [1.807, 2.05) is 13.0 Å². The second-order valence-corrected chi connectivity index (χ2v) is 8.45. The van der Waals surface area contributed by atoms with Crippen LogP contribution in [0.5, 0.6) is 0 Å². The lowest BCUT2D eigenvalue weighted by Crippen LogP contribution is -2.26. The molecule has 9 heteroatoms. The zero-order valence-electron chi connectivity index (χ0n) is 16.6. The lowest BCUT2D eigenvalue weighted by atomic mass is 9.97. The van der Waals surface area contributed by atoms with E-state index < -0.39 is 11.4 Å². The third-order valence-electron chi connectivity index (χ3n) is 4.30. The first-order valence-electron chi connectivity index (χ1n) is 8.98. The Kier molecular flexibility index (Phi) is 5.55.